The van der Waals surface area contributed by atoms with E-state index in [1.807, 2.05) is 6.92 Å². The average molecular weight is 256 g/mol. The Kier molecular flexibility index (Phi) is 5.37. The van der Waals surface area contributed by atoms with Crippen LogP contribution in [0.5, 0.6) is 0 Å². The van der Waals surface area contributed by atoms with E-state index in [-0.39, 0.29) is 5.56 Å². The molecule has 5 nitrogen and oxygen atoms in total. The van der Waals surface area contributed by atoms with Gasteiger partial charge in [0.1, 0.15) is 16.4 Å². The van der Waals surface area contributed by atoms with E-state index in [1.54, 1.807) is 14.0 Å². The van der Waals surface area contributed by atoms with Crippen LogP contribution in [0.25, 0.3) is 0 Å². The van der Waals surface area contributed by atoms with E-state index < -0.39 is 5.97 Å². The van der Waals surface area contributed by atoms with Crippen molar-refractivity contribution in [1.82, 2.24) is 9.97 Å². The number of aromatic carboxylic acids is 1. The predicted molar refractivity (Wildman–Crippen MR) is 65.7 cm³/mol. The van der Waals surface area contributed by atoms with Crippen LogP contribution in [0.4, 0.5) is 0 Å². The summed E-state index contributed by atoms with van der Waals surface area (Å²) in [6.07, 6.45) is 0.693. The van der Waals surface area contributed by atoms with Crippen molar-refractivity contribution in [1.29, 1.82) is 0 Å². The Bertz CT molecular complexity index is 410. The van der Waals surface area contributed by atoms with Gasteiger partial charge in [0.05, 0.1) is 12.3 Å². The van der Waals surface area contributed by atoms with Gasteiger partial charge in [-0.3, -0.25) is 0 Å². The summed E-state index contributed by atoms with van der Waals surface area (Å²) in [5, 5.41) is 9.67. The van der Waals surface area contributed by atoms with Crippen molar-refractivity contribution in [2.24, 2.45) is 0 Å². The molecule has 0 spiro atoms. The van der Waals surface area contributed by atoms with E-state index in [0.717, 1.165) is 0 Å². The molecule has 0 amide bonds. The lowest BCUT2D eigenvalue weighted by atomic mass is 10.2. The number of aryl methyl sites for hydroxylation is 2. The SMILES string of the molecule is CCc1nc(C)c(C(=O)O)c(SCCOC)n1. The van der Waals surface area contributed by atoms with E-state index in [4.69, 9.17) is 9.84 Å². The Morgan fingerprint density at radius 1 is 1.47 bits per heavy atom. The molecular weight excluding hydrogens is 240 g/mol. The minimum atomic E-state index is -0.981. The molecule has 1 aromatic rings. The number of methoxy groups -OCH3 is 1. The first-order valence-corrected chi connectivity index (χ1v) is 6.31. The molecule has 0 aliphatic carbocycles. The van der Waals surface area contributed by atoms with Gasteiger partial charge in [-0.25, -0.2) is 14.8 Å². The summed E-state index contributed by atoms with van der Waals surface area (Å²) < 4.78 is 4.94. The Morgan fingerprint density at radius 3 is 2.71 bits per heavy atom. The third-order valence-electron chi connectivity index (χ3n) is 2.16. The predicted octanol–water partition coefficient (Wildman–Crippen LogP) is 1.78. The highest BCUT2D eigenvalue weighted by atomic mass is 32.2. The zero-order valence-electron chi connectivity index (χ0n) is 10.2. The van der Waals surface area contributed by atoms with E-state index >= 15 is 0 Å². The second-order valence-corrected chi connectivity index (χ2v) is 4.49. The standard InChI is InChI=1S/C11H16N2O3S/c1-4-8-12-7(2)9(11(14)15)10(13-8)17-6-5-16-3/h4-6H2,1-3H3,(H,14,15). The van der Waals surface area contributed by atoms with Gasteiger partial charge >= 0.3 is 5.97 Å². The van der Waals surface area contributed by atoms with Crippen molar-refractivity contribution in [2.75, 3.05) is 19.5 Å². The maximum Gasteiger partial charge on any atom is 0.340 e. The molecule has 94 valence electrons. The largest absolute Gasteiger partial charge is 0.478 e. The number of carboxylic acid groups (broad SMARTS) is 1. The molecule has 0 bridgehead atoms. The van der Waals surface area contributed by atoms with Crippen molar-refractivity contribution >= 4 is 17.7 Å². The molecule has 1 aromatic heterocycles. The molecule has 0 atom stereocenters. The fraction of sp³-hybridized carbons (Fsp3) is 0.545. The van der Waals surface area contributed by atoms with Crippen LogP contribution in [0.2, 0.25) is 0 Å². The number of carbonyl (C=O) groups is 1. The normalized spacial score (nSPS) is 10.5. The van der Waals surface area contributed by atoms with Crippen LogP contribution in [0, 0.1) is 6.92 Å². The number of ether oxygens (including phenoxy) is 1. The summed E-state index contributed by atoms with van der Waals surface area (Å²) in [6, 6.07) is 0. The number of nitrogens with zero attached hydrogens (tertiary/aromatic N) is 2. The zero-order chi connectivity index (χ0) is 12.8. The molecule has 1 rings (SSSR count). The monoisotopic (exact) mass is 256 g/mol. The molecule has 0 saturated carbocycles. The van der Waals surface area contributed by atoms with Gasteiger partial charge in [0.2, 0.25) is 0 Å². The molecule has 0 aromatic carbocycles. The molecule has 0 aliphatic heterocycles. The third-order valence-corrected chi connectivity index (χ3v) is 3.10. The van der Waals surface area contributed by atoms with Crippen molar-refractivity contribution < 1.29 is 14.6 Å². The number of thioether (sulfide) groups is 1. The highest BCUT2D eigenvalue weighted by molar-refractivity contribution is 7.99. The zero-order valence-corrected chi connectivity index (χ0v) is 11.0. The van der Waals surface area contributed by atoms with Crippen LogP contribution < -0.4 is 0 Å². The van der Waals surface area contributed by atoms with Gasteiger partial charge in [0.25, 0.3) is 0 Å². The van der Waals surface area contributed by atoms with Gasteiger partial charge in [0, 0.05) is 19.3 Å². The summed E-state index contributed by atoms with van der Waals surface area (Å²) in [6.45, 7) is 4.21. The number of aromatic nitrogens is 2. The maximum atomic E-state index is 11.2. The molecule has 1 N–H and O–H groups in total. The Labute approximate surface area is 105 Å². The number of rotatable bonds is 6. The van der Waals surface area contributed by atoms with Crippen molar-refractivity contribution in [3.8, 4) is 0 Å². The summed E-state index contributed by atoms with van der Waals surface area (Å²) >= 11 is 1.39. The molecule has 0 unspecified atom stereocenters. The lowest BCUT2D eigenvalue weighted by Gasteiger charge is -2.09. The Balaban J connectivity index is 3.04. The van der Waals surface area contributed by atoms with Crippen LogP contribution in [-0.2, 0) is 11.2 Å². The molecular formula is C11H16N2O3S. The van der Waals surface area contributed by atoms with E-state index in [0.29, 0.717) is 35.3 Å². The van der Waals surface area contributed by atoms with Crippen LogP contribution in [0.15, 0.2) is 5.03 Å². The van der Waals surface area contributed by atoms with Gasteiger partial charge in [0.15, 0.2) is 0 Å². The summed E-state index contributed by atoms with van der Waals surface area (Å²) in [7, 11) is 1.61. The quantitative estimate of drug-likeness (QED) is 0.475. The number of carboxylic acids is 1. The second kappa shape index (κ2) is 6.56. The van der Waals surface area contributed by atoms with Crippen molar-refractivity contribution in [2.45, 2.75) is 25.3 Å². The van der Waals surface area contributed by atoms with E-state index in [1.165, 1.54) is 11.8 Å². The number of hydrogen-bond donors (Lipinski definition) is 1. The van der Waals surface area contributed by atoms with Gasteiger partial charge in [-0.05, 0) is 6.92 Å². The fourth-order valence-electron chi connectivity index (χ4n) is 1.33. The molecule has 1 heterocycles. The van der Waals surface area contributed by atoms with Crippen LogP contribution in [0.3, 0.4) is 0 Å². The van der Waals surface area contributed by atoms with Crippen LogP contribution >= 0.6 is 11.8 Å². The molecule has 17 heavy (non-hydrogen) atoms. The van der Waals surface area contributed by atoms with Gasteiger partial charge < -0.3 is 9.84 Å². The Hall–Kier alpha value is -1.14. The average Bonchev–Trinajstić information content (AvgIpc) is 2.28. The van der Waals surface area contributed by atoms with Crippen LogP contribution in [0.1, 0.15) is 28.8 Å². The van der Waals surface area contributed by atoms with Crippen molar-refractivity contribution in [3.63, 3.8) is 0 Å². The molecule has 0 radical (unpaired) electrons. The lowest BCUT2D eigenvalue weighted by molar-refractivity contribution is 0.0690. The van der Waals surface area contributed by atoms with Crippen molar-refractivity contribution in [3.05, 3.63) is 17.1 Å². The summed E-state index contributed by atoms with van der Waals surface area (Å²) in [4.78, 5) is 19.6. The minimum absolute atomic E-state index is 0.198. The van der Waals surface area contributed by atoms with E-state index in [9.17, 15) is 4.79 Å². The first-order chi connectivity index (χ1) is 8.10. The topological polar surface area (TPSA) is 72.3 Å². The number of hydrogen-bond acceptors (Lipinski definition) is 5. The van der Waals surface area contributed by atoms with Gasteiger partial charge in [-0.1, -0.05) is 6.92 Å². The van der Waals surface area contributed by atoms with Gasteiger partial charge in [-0.2, -0.15) is 0 Å². The van der Waals surface area contributed by atoms with Gasteiger partial charge in [-0.15, -0.1) is 11.8 Å². The van der Waals surface area contributed by atoms with E-state index in [2.05, 4.69) is 9.97 Å². The molecule has 0 saturated heterocycles. The Morgan fingerprint density at radius 2 is 2.18 bits per heavy atom. The summed E-state index contributed by atoms with van der Waals surface area (Å²) in [5.74, 6) is 0.369. The highest BCUT2D eigenvalue weighted by Gasteiger charge is 2.17. The first-order valence-electron chi connectivity index (χ1n) is 5.32. The highest BCUT2D eigenvalue weighted by Crippen LogP contribution is 2.22. The lowest BCUT2D eigenvalue weighted by Crippen LogP contribution is -2.10. The summed E-state index contributed by atoms with van der Waals surface area (Å²) in [5.41, 5.74) is 0.715. The smallest absolute Gasteiger partial charge is 0.340 e. The minimum Gasteiger partial charge on any atom is -0.478 e. The fourth-order valence-corrected chi connectivity index (χ4v) is 2.33. The molecule has 6 heteroatoms. The molecule has 0 aliphatic rings. The maximum absolute atomic E-state index is 11.2. The first kappa shape index (κ1) is 13.9. The third kappa shape index (κ3) is 3.67. The second-order valence-electron chi connectivity index (χ2n) is 3.41. The van der Waals surface area contributed by atoms with Crippen LogP contribution in [-0.4, -0.2) is 40.5 Å². The molecule has 0 fully saturated rings.